The van der Waals surface area contributed by atoms with Crippen molar-refractivity contribution in [3.63, 3.8) is 0 Å². The summed E-state index contributed by atoms with van der Waals surface area (Å²) in [6, 6.07) is 0.770. The van der Waals surface area contributed by atoms with Gasteiger partial charge in [-0.05, 0) is 50.9 Å². The summed E-state index contributed by atoms with van der Waals surface area (Å²) >= 11 is 0. The molecule has 15 heavy (non-hydrogen) atoms. The second-order valence-corrected chi connectivity index (χ2v) is 5.33. The largest absolute Gasteiger partial charge is 0.377 e. The molecule has 0 aromatic heterocycles. The Morgan fingerprint density at radius 3 is 2.40 bits per heavy atom. The van der Waals surface area contributed by atoms with E-state index in [0.29, 0.717) is 6.10 Å². The Morgan fingerprint density at radius 1 is 1.07 bits per heavy atom. The molecule has 0 aliphatic heterocycles. The fourth-order valence-corrected chi connectivity index (χ4v) is 2.49. The van der Waals surface area contributed by atoms with Gasteiger partial charge in [-0.25, -0.2) is 0 Å². The Balaban J connectivity index is 1.46. The molecule has 0 atom stereocenters. The number of hydrogen-bond acceptors (Lipinski definition) is 2. The SMILES string of the molecule is CC1CCC(NCCOC2CCC2)CC1. The minimum atomic E-state index is 0.596. The summed E-state index contributed by atoms with van der Waals surface area (Å²) in [5.74, 6) is 0.953. The van der Waals surface area contributed by atoms with Gasteiger partial charge in [-0.2, -0.15) is 0 Å². The topological polar surface area (TPSA) is 21.3 Å². The third kappa shape index (κ3) is 3.76. The Hall–Kier alpha value is -0.0800. The summed E-state index contributed by atoms with van der Waals surface area (Å²) in [6.07, 6.45) is 10.1. The van der Waals surface area contributed by atoms with Crippen molar-refractivity contribution in [2.45, 2.75) is 64.0 Å². The highest BCUT2D eigenvalue weighted by Gasteiger charge is 2.19. The van der Waals surface area contributed by atoms with Crippen LogP contribution >= 0.6 is 0 Å². The van der Waals surface area contributed by atoms with Crippen LogP contribution in [0.2, 0.25) is 0 Å². The summed E-state index contributed by atoms with van der Waals surface area (Å²) in [7, 11) is 0. The predicted molar refractivity (Wildman–Crippen MR) is 63.0 cm³/mol. The molecule has 0 saturated heterocycles. The molecule has 0 aromatic carbocycles. The van der Waals surface area contributed by atoms with E-state index in [4.69, 9.17) is 4.74 Å². The van der Waals surface area contributed by atoms with Gasteiger partial charge in [0, 0.05) is 12.6 Å². The number of rotatable bonds is 5. The molecular weight excluding hydrogens is 186 g/mol. The highest BCUT2D eigenvalue weighted by Crippen LogP contribution is 2.23. The molecule has 2 rings (SSSR count). The summed E-state index contributed by atoms with van der Waals surface area (Å²) in [5, 5.41) is 3.62. The molecule has 0 aromatic rings. The maximum absolute atomic E-state index is 5.73. The first-order valence-corrected chi connectivity index (χ1v) is 6.69. The van der Waals surface area contributed by atoms with Gasteiger partial charge in [0.2, 0.25) is 0 Å². The van der Waals surface area contributed by atoms with Gasteiger partial charge in [0.25, 0.3) is 0 Å². The number of hydrogen-bond donors (Lipinski definition) is 1. The van der Waals surface area contributed by atoms with Crippen LogP contribution < -0.4 is 5.32 Å². The van der Waals surface area contributed by atoms with E-state index in [0.717, 1.165) is 25.1 Å². The van der Waals surface area contributed by atoms with E-state index < -0.39 is 0 Å². The van der Waals surface area contributed by atoms with E-state index in [2.05, 4.69) is 12.2 Å². The number of nitrogens with one attached hydrogen (secondary N) is 1. The average Bonchev–Trinajstić information content (AvgIpc) is 2.18. The smallest absolute Gasteiger partial charge is 0.0594 e. The highest BCUT2D eigenvalue weighted by atomic mass is 16.5. The van der Waals surface area contributed by atoms with Crippen LogP contribution in [0.4, 0.5) is 0 Å². The van der Waals surface area contributed by atoms with E-state index in [1.165, 1.54) is 44.9 Å². The lowest BCUT2D eigenvalue weighted by atomic mass is 9.87. The summed E-state index contributed by atoms with van der Waals surface area (Å²) in [6.45, 7) is 4.34. The van der Waals surface area contributed by atoms with E-state index in [-0.39, 0.29) is 0 Å². The van der Waals surface area contributed by atoms with Gasteiger partial charge < -0.3 is 10.1 Å². The molecule has 0 bridgehead atoms. The molecule has 2 nitrogen and oxygen atoms in total. The molecule has 88 valence electrons. The van der Waals surface area contributed by atoms with Crippen molar-refractivity contribution in [2.24, 2.45) is 5.92 Å². The van der Waals surface area contributed by atoms with Gasteiger partial charge in [0.05, 0.1) is 12.7 Å². The lowest BCUT2D eigenvalue weighted by Gasteiger charge is -2.28. The monoisotopic (exact) mass is 211 g/mol. The van der Waals surface area contributed by atoms with E-state index >= 15 is 0 Å². The summed E-state index contributed by atoms with van der Waals surface area (Å²) in [4.78, 5) is 0. The van der Waals surface area contributed by atoms with Crippen molar-refractivity contribution in [3.05, 3.63) is 0 Å². The van der Waals surface area contributed by atoms with Crippen LogP contribution in [0.1, 0.15) is 51.9 Å². The van der Waals surface area contributed by atoms with Crippen LogP contribution in [0, 0.1) is 5.92 Å². The lowest BCUT2D eigenvalue weighted by molar-refractivity contribution is 0.00307. The molecule has 2 aliphatic carbocycles. The normalized spacial score (nSPS) is 32.6. The van der Waals surface area contributed by atoms with Crippen LogP contribution in [0.15, 0.2) is 0 Å². The molecule has 2 saturated carbocycles. The molecule has 0 heterocycles. The molecule has 2 aliphatic rings. The fraction of sp³-hybridized carbons (Fsp3) is 1.00. The second-order valence-electron chi connectivity index (χ2n) is 5.33. The van der Waals surface area contributed by atoms with Gasteiger partial charge in [-0.1, -0.05) is 6.92 Å². The summed E-state index contributed by atoms with van der Waals surface area (Å²) < 4.78 is 5.73. The van der Waals surface area contributed by atoms with Crippen molar-refractivity contribution in [1.82, 2.24) is 5.32 Å². The Labute approximate surface area is 93.8 Å². The molecule has 2 heteroatoms. The third-order valence-corrected chi connectivity index (χ3v) is 3.96. The maximum atomic E-state index is 5.73. The van der Waals surface area contributed by atoms with Gasteiger partial charge >= 0.3 is 0 Å². The van der Waals surface area contributed by atoms with Crippen molar-refractivity contribution in [3.8, 4) is 0 Å². The first kappa shape index (κ1) is 11.4. The van der Waals surface area contributed by atoms with Crippen molar-refractivity contribution in [2.75, 3.05) is 13.2 Å². The van der Waals surface area contributed by atoms with Crippen molar-refractivity contribution >= 4 is 0 Å². The van der Waals surface area contributed by atoms with Crippen molar-refractivity contribution in [1.29, 1.82) is 0 Å². The summed E-state index contributed by atoms with van der Waals surface area (Å²) in [5.41, 5.74) is 0. The van der Waals surface area contributed by atoms with Crippen molar-refractivity contribution < 1.29 is 4.74 Å². The van der Waals surface area contributed by atoms with E-state index in [1.54, 1.807) is 0 Å². The first-order chi connectivity index (χ1) is 7.34. The van der Waals surface area contributed by atoms with Gasteiger partial charge in [0.1, 0.15) is 0 Å². The zero-order valence-electron chi connectivity index (χ0n) is 10.0. The van der Waals surface area contributed by atoms with E-state index in [9.17, 15) is 0 Å². The predicted octanol–water partition coefficient (Wildman–Crippen LogP) is 2.72. The minimum absolute atomic E-state index is 0.596. The molecule has 0 amide bonds. The molecule has 1 N–H and O–H groups in total. The minimum Gasteiger partial charge on any atom is -0.377 e. The van der Waals surface area contributed by atoms with Gasteiger partial charge in [-0.15, -0.1) is 0 Å². The zero-order chi connectivity index (χ0) is 10.5. The van der Waals surface area contributed by atoms with Crippen LogP contribution in [-0.2, 0) is 4.74 Å². The van der Waals surface area contributed by atoms with E-state index in [1.807, 2.05) is 0 Å². The molecule has 0 spiro atoms. The lowest BCUT2D eigenvalue weighted by Crippen LogP contribution is -2.36. The Kier molecular flexibility index (Phi) is 4.45. The quantitative estimate of drug-likeness (QED) is 0.706. The fourth-order valence-electron chi connectivity index (χ4n) is 2.49. The van der Waals surface area contributed by atoms with Crippen LogP contribution in [0.5, 0.6) is 0 Å². The third-order valence-electron chi connectivity index (χ3n) is 3.96. The molecular formula is C13H25NO. The molecule has 2 fully saturated rings. The van der Waals surface area contributed by atoms with Gasteiger partial charge in [0.15, 0.2) is 0 Å². The molecule has 0 unspecified atom stereocenters. The van der Waals surface area contributed by atoms with Crippen LogP contribution in [-0.4, -0.2) is 25.3 Å². The van der Waals surface area contributed by atoms with Crippen LogP contribution in [0.25, 0.3) is 0 Å². The molecule has 0 radical (unpaired) electrons. The standard InChI is InChI=1S/C13H25NO/c1-11-5-7-12(8-6-11)14-9-10-15-13-3-2-4-13/h11-14H,2-10H2,1H3. The highest BCUT2D eigenvalue weighted by molar-refractivity contribution is 4.75. The number of ether oxygens (including phenoxy) is 1. The second kappa shape index (κ2) is 5.86. The zero-order valence-corrected chi connectivity index (χ0v) is 10.0. The Bertz CT molecular complexity index is 171. The maximum Gasteiger partial charge on any atom is 0.0594 e. The average molecular weight is 211 g/mol. The first-order valence-electron chi connectivity index (χ1n) is 6.69. The van der Waals surface area contributed by atoms with Crippen LogP contribution in [0.3, 0.4) is 0 Å². The van der Waals surface area contributed by atoms with Gasteiger partial charge in [-0.3, -0.25) is 0 Å². The Morgan fingerprint density at radius 2 is 1.80 bits per heavy atom.